The normalized spacial score (nSPS) is 11.4. The van der Waals surface area contributed by atoms with E-state index in [0.717, 1.165) is 0 Å². The molecule has 0 saturated carbocycles. The third-order valence-electron chi connectivity index (χ3n) is 3.54. The first-order chi connectivity index (χ1) is 11.5. The Bertz CT molecular complexity index is 883. The fourth-order valence-electron chi connectivity index (χ4n) is 2.49. The number of benzene rings is 1. The average molecular weight is 401 g/mol. The van der Waals surface area contributed by atoms with Crippen molar-refractivity contribution in [2.24, 2.45) is 0 Å². The maximum atomic E-state index is 13.7. The number of hydrogen-bond donors (Lipinski definition) is 1. The van der Waals surface area contributed by atoms with Gasteiger partial charge in [0.25, 0.3) is 0 Å². The maximum absolute atomic E-state index is 13.7. The second kappa shape index (κ2) is 6.82. The van der Waals surface area contributed by atoms with Crippen LogP contribution in [0.15, 0.2) is 41.0 Å². The van der Waals surface area contributed by atoms with E-state index in [-0.39, 0.29) is 23.2 Å². The Morgan fingerprint density at radius 3 is 2.75 bits per heavy atom. The van der Waals surface area contributed by atoms with Gasteiger partial charge in [-0.05, 0) is 22.0 Å². The number of hydrogen-bond acceptors (Lipinski definition) is 3. The van der Waals surface area contributed by atoms with Crippen LogP contribution in [0.4, 0.5) is 13.2 Å². The second-order valence-electron chi connectivity index (χ2n) is 5.02. The highest BCUT2D eigenvalue weighted by atomic mass is 79.9. The molecular weight excluding hydrogens is 389 g/mol. The molecule has 0 radical (unpaired) electrons. The minimum Gasteiger partial charge on any atom is -0.435 e. The molecule has 8 heteroatoms. The molecule has 2 heterocycles. The second-order valence-corrected chi connectivity index (χ2v) is 5.88. The Morgan fingerprint density at radius 2 is 2.04 bits per heavy atom. The number of alkyl halides is 2. The summed E-state index contributed by atoms with van der Waals surface area (Å²) in [6.45, 7) is -3.29. The molecule has 24 heavy (non-hydrogen) atoms. The van der Waals surface area contributed by atoms with E-state index in [1.165, 1.54) is 18.3 Å². The summed E-state index contributed by atoms with van der Waals surface area (Å²) in [7, 11) is 0. The van der Waals surface area contributed by atoms with Crippen LogP contribution in [0.2, 0.25) is 0 Å². The van der Waals surface area contributed by atoms with E-state index in [1.807, 2.05) is 0 Å². The minimum atomic E-state index is -2.94. The van der Waals surface area contributed by atoms with Gasteiger partial charge in [0.05, 0.1) is 22.5 Å². The molecule has 0 spiro atoms. The van der Waals surface area contributed by atoms with Crippen LogP contribution in [0.5, 0.6) is 5.75 Å². The molecule has 0 fully saturated rings. The van der Waals surface area contributed by atoms with Gasteiger partial charge < -0.3 is 14.2 Å². The molecule has 0 atom stereocenters. The lowest BCUT2D eigenvalue weighted by Gasteiger charge is -2.11. The number of ether oxygens (including phenoxy) is 1. The van der Waals surface area contributed by atoms with Crippen LogP contribution in [0.3, 0.4) is 0 Å². The largest absolute Gasteiger partial charge is 0.435 e. The van der Waals surface area contributed by atoms with E-state index in [2.05, 4.69) is 25.7 Å². The van der Waals surface area contributed by atoms with Crippen molar-refractivity contribution < 1.29 is 23.0 Å². The van der Waals surface area contributed by atoms with Crippen molar-refractivity contribution in [1.29, 1.82) is 0 Å². The molecule has 0 amide bonds. The third-order valence-corrected chi connectivity index (χ3v) is 4.13. The average Bonchev–Trinajstić information content (AvgIpc) is 2.86. The summed E-state index contributed by atoms with van der Waals surface area (Å²) in [5, 5.41) is 9.52. The predicted octanol–water partition coefficient (Wildman–Crippen LogP) is 3.92. The highest BCUT2D eigenvalue weighted by Gasteiger charge is 2.17. The van der Waals surface area contributed by atoms with Crippen LogP contribution >= 0.6 is 15.9 Å². The summed E-state index contributed by atoms with van der Waals surface area (Å²) >= 11 is 3.10. The first kappa shape index (κ1) is 16.8. The zero-order chi connectivity index (χ0) is 17.3. The lowest BCUT2D eigenvalue weighted by Crippen LogP contribution is -2.06. The van der Waals surface area contributed by atoms with Crippen molar-refractivity contribution in [2.45, 2.75) is 19.6 Å². The number of nitrogens with zero attached hydrogens (tertiary/aromatic N) is 2. The third kappa shape index (κ3) is 3.25. The minimum absolute atomic E-state index is 0.0486. The van der Waals surface area contributed by atoms with Crippen molar-refractivity contribution in [3.8, 4) is 5.75 Å². The number of rotatable bonds is 5. The van der Waals surface area contributed by atoms with Crippen molar-refractivity contribution in [2.75, 3.05) is 0 Å². The molecular formula is C16H12BrF3N2O2. The van der Waals surface area contributed by atoms with Crippen molar-refractivity contribution in [3.05, 3.63) is 63.8 Å². The number of para-hydroxylation sites is 1. The van der Waals surface area contributed by atoms with Crippen LogP contribution in [0.1, 0.15) is 17.0 Å². The predicted molar refractivity (Wildman–Crippen MR) is 84.7 cm³/mol. The maximum Gasteiger partial charge on any atom is 0.387 e. The van der Waals surface area contributed by atoms with E-state index < -0.39 is 12.4 Å². The number of imidazole rings is 1. The Hall–Kier alpha value is -2.06. The highest BCUT2D eigenvalue weighted by Crippen LogP contribution is 2.27. The first-order valence-electron chi connectivity index (χ1n) is 6.98. The van der Waals surface area contributed by atoms with E-state index in [1.54, 1.807) is 22.6 Å². The molecule has 0 aliphatic rings. The number of aliphatic hydroxyl groups excluding tert-OH is 1. The SMILES string of the molecule is OCc1nc2cc(F)c(Br)cn2c1Cc1ccccc1OC(F)F. The summed E-state index contributed by atoms with van der Waals surface area (Å²) in [6.07, 6.45) is 1.68. The van der Waals surface area contributed by atoms with E-state index >= 15 is 0 Å². The van der Waals surface area contributed by atoms with E-state index in [9.17, 15) is 18.3 Å². The van der Waals surface area contributed by atoms with Gasteiger partial charge in [0.15, 0.2) is 0 Å². The molecule has 126 valence electrons. The van der Waals surface area contributed by atoms with Gasteiger partial charge in [-0.1, -0.05) is 18.2 Å². The Morgan fingerprint density at radius 1 is 1.29 bits per heavy atom. The quantitative estimate of drug-likeness (QED) is 0.705. The smallest absolute Gasteiger partial charge is 0.387 e. The Kier molecular flexibility index (Phi) is 4.77. The molecule has 0 unspecified atom stereocenters. The number of halogens is 4. The van der Waals surface area contributed by atoms with Gasteiger partial charge in [-0.15, -0.1) is 0 Å². The van der Waals surface area contributed by atoms with E-state index in [4.69, 9.17) is 0 Å². The lowest BCUT2D eigenvalue weighted by molar-refractivity contribution is -0.0504. The fourth-order valence-corrected chi connectivity index (χ4v) is 2.81. The summed E-state index contributed by atoms with van der Waals surface area (Å²) in [6, 6.07) is 7.61. The van der Waals surface area contributed by atoms with Crippen molar-refractivity contribution in [1.82, 2.24) is 9.38 Å². The number of fused-ring (bicyclic) bond motifs is 1. The summed E-state index contributed by atoms with van der Waals surface area (Å²) < 4.78 is 45.1. The molecule has 4 nitrogen and oxygen atoms in total. The standard InChI is InChI=1S/C16H12BrF3N2O2/c17-10-7-22-13(12(8-23)21-15(22)6-11(10)18)5-9-3-1-2-4-14(9)24-16(19)20/h1-4,6-7,16,23H,5,8H2. The van der Waals surface area contributed by atoms with Crippen LogP contribution in [0.25, 0.3) is 5.65 Å². The Balaban J connectivity index is 2.09. The van der Waals surface area contributed by atoms with Gasteiger partial charge in [0.2, 0.25) is 0 Å². The number of aromatic nitrogens is 2. The molecule has 1 N–H and O–H groups in total. The monoisotopic (exact) mass is 400 g/mol. The summed E-state index contributed by atoms with van der Waals surface area (Å²) in [5.41, 5.74) is 1.75. The fraction of sp³-hybridized carbons (Fsp3) is 0.188. The van der Waals surface area contributed by atoms with Gasteiger partial charge in [0, 0.05) is 24.2 Å². The zero-order valence-electron chi connectivity index (χ0n) is 12.2. The topological polar surface area (TPSA) is 46.8 Å². The molecule has 3 rings (SSSR count). The first-order valence-corrected chi connectivity index (χ1v) is 7.77. The van der Waals surface area contributed by atoms with Gasteiger partial charge >= 0.3 is 6.61 Å². The molecule has 0 saturated heterocycles. The van der Waals surface area contributed by atoms with E-state index in [0.29, 0.717) is 22.6 Å². The lowest BCUT2D eigenvalue weighted by atomic mass is 10.1. The summed E-state index contributed by atoms with van der Waals surface area (Å²) in [4.78, 5) is 4.18. The number of pyridine rings is 1. The van der Waals surface area contributed by atoms with Crippen LogP contribution in [-0.4, -0.2) is 21.1 Å². The van der Waals surface area contributed by atoms with Crippen molar-refractivity contribution in [3.63, 3.8) is 0 Å². The van der Waals surface area contributed by atoms with Crippen LogP contribution < -0.4 is 4.74 Å². The molecule has 0 bridgehead atoms. The molecule has 2 aromatic heterocycles. The molecule has 0 aliphatic heterocycles. The van der Waals surface area contributed by atoms with Gasteiger partial charge in [-0.2, -0.15) is 8.78 Å². The number of aliphatic hydroxyl groups is 1. The van der Waals surface area contributed by atoms with Gasteiger partial charge in [-0.25, -0.2) is 9.37 Å². The van der Waals surface area contributed by atoms with Gasteiger partial charge in [-0.3, -0.25) is 0 Å². The summed E-state index contributed by atoms with van der Waals surface area (Å²) in [5.74, 6) is -0.433. The zero-order valence-corrected chi connectivity index (χ0v) is 13.8. The van der Waals surface area contributed by atoms with Crippen LogP contribution in [-0.2, 0) is 13.0 Å². The van der Waals surface area contributed by atoms with Crippen molar-refractivity contribution >= 4 is 21.6 Å². The molecule has 1 aromatic carbocycles. The van der Waals surface area contributed by atoms with Crippen LogP contribution in [0, 0.1) is 5.82 Å². The molecule has 3 aromatic rings. The Labute approximate surface area is 143 Å². The van der Waals surface area contributed by atoms with Gasteiger partial charge in [0.1, 0.15) is 17.2 Å². The highest BCUT2D eigenvalue weighted by molar-refractivity contribution is 9.10. The molecule has 0 aliphatic carbocycles.